The van der Waals surface area contributed by atoms with E-state index in [1.54, 1.807) is 0 Å². The van der Waals surface area contributed by atoms with Gasteiger partial charge in [-0.3, -0.25) is 4.79 Å². The highest BCUT2D eigenvalue weighted by atomic mass is 35.5. The molecule has 1 aromatic rings. The predicted octanol–water partition coefficient (Wildman–Crippen LogP) is 4.16. The lowest BCUT2D eigenvalue weighted by Crippen LogP contribution is -2.18. The maximum Gasteiger partial charge on any atom is 0.319 e. The van der Waals surface area contributed by atoms with Crippen LogP contribution in [-0.4, -0.2) is 18.3 Å². The molecule has 0 amide bonds. The maximum absolute atomic E-state index is 11.6. The van der Waals surface area contributed by atoms with Crippen LogP contribution in [0.2, 0.25) is 5.02 Å². The van der Waals surface area contributed by atoms with Gasteiger partial charge in [0.2, 0.25) is 0 Å². The second kappa shape index (κ2) is 7.62. The normalized spacial score (nSPS) is 12.2. The summed E-state index contributed by atoms with van der Waals surface area (Å²) in [5.74, 6) is -0.177. The molecule has 17 heavy (non-hydrogen) atoms. The molecule has 0 fully saturated rings. The van der Waals surface area contributed by atoms with Crippen LogP contribution in [0.25, 0.3) is 0 Å². The van der Waals surface area contributed by atoms with Gasteiger partial charge in [0.1, 0.15) is 5.25 Å². The number of carbonyl (C=O) groups is 1. The molecule has 1 rings (SSSR count). The molecule has 0 aliphatic carbocycles. The number of methoxy groups -OCH3 is 1. The van der Waals surface area contributed by atoms with Crippen molar-refractivity contribution in [3.8, 4) is 0 Å². The highest BCUT2D eigenvalue weighted by Crippen LogP contribution is 2.32. The molecule has 94 valence electrons. The Balaban J connectivity index is 2.72. The molecule has 0 aromatic heterocycles. The van der Waals surface area contributed by atoms with Crippen LogP contribution < -0.4 is 0 Å². The molecule has 0 heterocycles. The maximum atomic E-state index is 11.6. The third-order valence-corrected chi connectivity index (χ3v) is 4.15. The van der Waals surface area contributed by atoms with E-state index in [9.17, 15) is 4.79 Å². The summed E-state index contributed by atoms with van der Waals surface area (Å²) in [4.78, 5) is 12.6. The zero-order valence-electron chi connectivity index (χ0n) is 10.1. The van der Waals surface area contributed by atoms with Gasteiger partial charge in [0.25, 0.3) is 0 Å². The van der Waals surface area contributed by atoms with Crippen molar-refractivity contribution >= 4 is 29.3 Å². The Morgan fingerprint density at radius 2 is 2.18 bits per heavy atom. The van der Waals surface area contributed by atoms with Crippen molar-refractivity contribution in [2.45, 2.75) is 36.3 Å². The molecule has 2 nitrogen and oxygen atoms in total. The molecule has 0 aliphatic heterocycles. The molecule has 0 saturated carbocycles. The first-order chi connectivity index (χ1) is 8.19. The number of benzene rings is 1. The minimum atomic E-state index is -0.177. The zero-order chi connectivity index (χ0) is 12.7. The fourth-order valence-electron chi connectivity index (χ4n) is 1.44. The van der Waals surface area contributed by atoms with Crippen molar-refractivity contribution in [1.82, 2.24) is 0 Å². The van der Waals surface area contributed by atoms with Gasteiger partial charge in [-0.1, -0.05) is 43.5 Å². The van der Waals surface area contributed by atoms with Gasteiger partial charge in [0, 0.05) is 4.90 Å². The third-order valence-electron chi connectivity index (χ3n) is 2.39. The van der Waals surface area contributed by atoms with Crippen LogP contribution in [0.15, 0.2) is 29.2 Å². The number of ether oxygens (including phenoxy) is 1. The molecule has 0 aliphatic rings. The lowest BCUT2D eigenvalue weighted by Gasteiger charge is -2.14. The fraction of sp³-hybridized carbons (Fsp3) is 0.462. The quantitative estimate of drug-likeness (QED) is 0.574. The monoisotopic (exact) mass is 272 g/mol. The van der Waals surface area contributed by atoms with E-state index in [1.165, 1.54) is 18.9 Å². The number of carbonyl (C=O) groups excluding carboxylic acids is 1. The summed E-state index contributed by atoms with van der Waals surface area (Å²) in [7, 11) is 1.43. The zero-order valence-corrected chi connectivity index (χ0v) is 11.7. The second-order valence-corrected chi connectivity index (χ2v) is 5.35. The van der Waals surface area contributed by atoms with Crippen molar-refractivity contribution in [2.24, 2.45) is 0 Å². The summed E-state index contributed by atoms with van der Waals surface area (Å²) in [5.41, 5.74) is 0. The summed E-state index contributed by atoms with van der Waals surface area (Å²) < 4.78 is 4.82. The molecule has 0 bridgehead atoms. The first-order valence-corrected chi connectivity index (χ1v) is 6.93. The van der Waals surface area contributed by atoms with E-state index >= 15 is 0 Å². The fourth-order valence-corrected chi connectivity index (χ4v) is 2.83. The van der Waals surface area contributed by atoms with E-state index in [0.717, 1.165) is 24.2 Å². The largest absolute Gasteiger partial charge is 0.468 e. The van der Waals surface area contributed by atoms with E-state index in [-0.39, 0.29) is 11.2 Å². The van der Waals surface area contributed by atoms with Gasteiger partial charge in [-0.2, -0.15) is 0 Å². The highest BCUT2D eigenvalue weighted by molar-refractivity contribution is 8.00. The van der Waals surface area contributed by atoms with Gasteiger partial charge in [-0.05, 0) is 18.6 Å². The lowest BCUT2D eigenvalue weighted by atomic mass is 10.2. The van der Waals surface area contributed by atoms with Gasteiger partial charge in [-0.25, -0.2) is 0 Å². The third kappa shape index (κ3) is 4.60. The van der Waals surface area contributed by atoms with E-state index in [2.05, 4.69) is 6.92 Å². The molecular weight excluding hydrogens is 256 g/mol. The van der Waals surface area contributed by atoms with Crippen molar-refractivity contribution in [3.63, 3.8) is 0 Å². The number of hydrogen-bond acceptors (Lipinski definition) is 3. The Morgan fingerprint density at radius 3 is 2.76 bits per heavy atom. The van der Waals surface area contributed by atoms with Crippen molar-refractivity contribution < 1.29 is 9.53 Å². The van der Waals surface area contributed by atoms with Crippen LogP contribution >= 0.6 is 23.4 Å². The lowest BCUT2D eigenvalue weighted by molar-refractivity contribution is -0.140. The van der Waals surface area contributed by atoms with E-state index in [4.69, 9.17) is 16.3 Å². The molecule has 0 spiro atoms. The van der Waals surface area contributed by atoms with Crippen LogP contribution in [0.4, 0.5) is 0 Å². The number of unbranched alkanes of at least 4 members (excludes halogenated alkanes) is 1. The first-order valence-electron chi connectivity index (χ1n) is 5.68. The minimum absolute atomic E-state index is 0.167. The van der Waals surface area contributed by atoms with Crippen LogP contribution in [0, 0.1) is 0 Å². The topological polar surface area (TPSA) is 26.3 Å². The average molecular weight is 273 g/mol. The summed E-state index contributed by atoms with van der Waals surface area (Å²) in [6.07, 6.45) is 2.90. The van der Waals surface area contributed by atoms with Gasteiger partial charge < -0.3 is 4.74 Å². The van der Waals surface area contributed by atoms with Crippen LogP contribution in [-0.2, 0) is 9.53 Å². The van der Waals surface area contributed by atoms with Crippen LogP contribution in [0.5, 0.6) is 0 Å². The van der Waals surface area contributed by atoms with E-state index < -0.39 is 0 Å². The van der Waals surface area contributed by atoms with Gasteiger partial charge in [-0.15, -0.1) is 11.8 Å². The first kappa shape index (κ1) is 14.4. The molecule has 0 N–H and O–H groups in total. The molecular formula is C13H17ClO2S. The van der Waals surface area contributed by atoms with Crippen molar-refractivity contribution in [2.75, 3.05) is 7.11 Å². The molecule has 0 saturated heterocycles. The smallest absolute Gasteiger partial charge is 0.319 e. The van der Waals surface area contributed by atoms with Crippen LogP contribution in [0.1, 0.15) is 26.2 Å². The Labute approximate surface area is 112 Å². The Morgan fingerprint density at radius 1 is 1.47 bits per heavy atom. The molecule has 1 atom stereocenters. The number of esters is 1. The summed E-state index contributed by atoms with van der Waals surface area (Å²) in [6.45, 7) is 2.11. The van der Waals surface area contributed by atoms with Gasteiger partial charge in [0.15, 0.2) is 0 Å². The highest BCUT2D eigenvalue weighted by Gasteiger charge is 2.20. The van der Waals surface area contributed by atoms with Gasteiger partial charge in [0.05, 0.1) is 12.1 Å². The van der Waals surface area contributed by atoms with Gasteiger partial charge >= 0.3 is 5.97 Å². The van der Waals surface area contributed by atoms with E-state index in [1.807, 2.05) is 24.3 Å². The number of halogens is 1. The number of thioether (sulfide) groups is 1. The summed E-state index contributed by atoms with van der Waals surface area (Å²) in [6, 6.07) is 7.56. The minimum Gasteiger partial charge on any atom is -0.468 e. The molecule has 4 heteroatoms. The molecule has 1 aromatic carbocycles. The standard InChI is InChI=1S/C13H17ClO2S/c1-3-4-8-12(13(15)16-2)17-11-9-6-5-7-10(11)14/h5-7,9,12H,3-4,8H2,1-2H3. The number of hydrogen-bond donors (Lipinski definition) is 0. The van der Waals surface area contributed by atoms with Crippen molar-refractivity contribution in [3.05, 3.63) is 29.3 Å². The molecule has 1 unspecified atom stereocenters. The SMILES string of the molecule is CCCCC(Sc1ccccc1Cl)C(=O)OC. The van der Waals surface area contributed by atoms with E-state index in [0.29, 0.717) is 5.02 Å². The average Bonchev–Trinajstić information content (AvgIpc) is 2.35. The summed E-state index contributed by atoms with van der Waals surface area (Å²) >= 11 is 7.56. The Bertz CT molecular complexity index is 368. The molecule has 0 radical (unpaired) electrons. The Kier molecular flexibility index (Phi) is 6.45. The number of rotatable bonds is 6. The second-order valence-electron chi connectivity index (χ2n) is 3.70. The van der Waals surface area contributed by atoms with Crippen LogP contribution in [0.3, 0.4) is 0 Å². The van der Waals surface area contributed by atoms with Crippen molar-refractivity contribution in [1.29, 1.82) is 0 Å². The Hall–Kier alpha value is -0.670. The predicted molar refractivity (Wildman–Crippen MR) is 72.6 cm³/mol. The summed E-state index contributed by atoms with van der Waals surface area (Å²) in [5, 5.41) is 0.516.